The van der Waals surface area contributed by atoms with Crippen molar-refractivity contribution in [2.75, 3.05) is 7.11 Å². The minimum absolute atomic E-state index is 0.234. The number of hydrogen-bond donors (Lipinski definition) is 0. The summed E-state index contributed by atoms with van der Waals surface area (Å²) < 4.78 is 9.61. The van der Waals surface area contributed by atoms with Crippen molar-refractivity contribution in [1.82, 2.24) is 0 Å². The van der Waals surface area contributed by atoms with Gasteiger partial charge in [-0.15, -0.1) is 0 Å². The Morgan fingerprint density at radius 1 is 1.31 bits per heavy atom. The fourth-order valence-corrected chi connectivity index (χ4v) is 1.56. The molecule has 0 bridgehead atoms. The summed E-state index contributed by atoms with van der Waals surface area (Å²) >= 11 is 0. The van der Waals surface area contributed by atoms with Crippen molar-refractivity contribution in [2.45, 2.75) is 6.92 Å². The molecular weight excluding hydrogens is 208 g/mol. The van der Waals surface area contributed by atoms with Gasteiger partial charge in [0.05, 0.1) is 12.7 Å². The molecule has 4 nitrogen and oxygen atoms in total. The Morgan fingerprint density at radius 2 is 2.06 bits per heavy atom. The van der Waals surface area contributed by atoms with Gasteiger partial charge >= 0.3 is 11.6 Å². The van der Waals surface area contributed by atoms with Gasteiger partial charge in [-0.1, -0.05) is 11.6 Å². The van der Waals surface area contributed by atoms with Crippen molar-refractivity contribution in [1.29, 1.82) is 0 Å². The number of aryl methyl sites for hydroxylation is 1. The van der Waals surface area contributed by atoms with Crippen LogP contribution in [-0.4, -0.2) is 13.1 Å². The largest absolute Gasteiger partial charge is 0.465 e. The van der Waals surface area contributed by atoms with E-state index in [2.05, 4.69) is 4.74 Å². The second kappa shape index (κ2) is 3.81. The summed E-state index contributed by atoms with van der Waals surface area (Å²) in [5.74, 6) is -0.538. The van der Waals surface area contributed by atoms with E-state index in [9.17, 15) is 9.59 Å². The van der Waals surface area contributed by atoms with Crippen LogP contribution in [0.3, 0.4) is 0 Å². The second-order valence-electron chi connectivity index (χ2n) is 3.47. The highest BCUT2D eigenvalue weighted by atomic mass is 16.5. The van der Waals surface area contributed by atoms with Gasteiger partial charge in [0.2, 0.25) is 0 Å². The van der Waals surface area contributed by atoms with Crippen LogP contribution in [0.5, 0.6) is 0 Å². The number of carbonyl (C=O) groups excluding carboxylic acids is 1. The van der Waals surface area contributed by atoms with Crippen molar-refractivity contribution in [2.24, 2.45) is 0 Å². The molecule has 0 aliphatic rings. The van der Waals surface area contributed by atoms with Crippen LogP contribution in [0.25, 0.3) is 11.0 Å². The van der Waals surface area contributed by atoms with Crippen LogP contribution >= 0.6 is 0 Å². The molecule has 82 valence electrons. The highest BCUT2D eigenvalue weighted by molar-refractivity contribution is 6.02. The number of rotatable bonds is 1. The predicted molar refractivity (Wildman–Crippen MR) is 58.6 cm³/mol. The summed E-state index contributed by atoms with van der Waals surface area (Å²) in [5.41, 5.74) is 1.04. The van der Waals surface area contributed by atoms with Crippen molar-refractivity contribution in [3.05, 3.63) is 45.8 Å². The zero-order valence-corrected chi connectivity index (χ0v) is 8.94. The molecular formula is C12H10O4. The summed E-state index contributed by atoms with van der Waals surface area (Å²) in [6.45, 7) is 1.89. The molecule has 0 amide bonds. The topological polar surface area (TPSA) is 56.5 Å². The number of carbonyl (C=O) groups is 1. The molecule has 0 saturated heterocycles. The van der Waals surface area contributed by atoms with E-state index in [0.717, 1.165) is 11.6 Å². The van der Waals surface area contributed by atoms with Gasteiger partial charge in [-0.05, 0) is 19.1 Å². The molecule has 0 atom stereocenters. The molecule has 0 spiro atoms. The lowest BCUT2D eigenvalue weighted by molar-refractivity contribution is 0.0602. The minimum atomic E-state index is -0.559. The monoisotopic (exact) mass is 218 g/mol. The number of fused-ring (bicyclic) bond motifs is 1. The summed E-state index contributed by atoms with van der Waals surface area (Å²) in [6.07, 6.45) is 0. The normalized spacial score (nSPS) is 10.4. The quantitative estimate of drug-likeness (QED) is 0.541. The van der Waals surface area contributed by atoms with Crippen LogP contribution in [0.2, 0.25) is 0 Å². The Balaban J connectivity index is 2.84. The molecule has 0 radical (unpaired) electrons. The first-order valence-corrected chi connectivity index (χ1v) is 4.74. The van der Waals surface area contributed by atoms with E-state index in [-0.39, 0.29) is 5.56 Å². The molecule has 1 heterocycles. The Labute approximate surface area is 91.4 Å². The summed E-state index contributed by atoms with van der Waals surface area (Å²) in [4.78, 5) is 22.7. The zero-order chi connectivity index (χ0) is 11.7. The Morgan fingerprint density at radius 3 is 2.75 bits per heavy atom. The van der Waals surface area contributed by atoms with Crippen LogP contribution in [0.15, 0.2) is 33.5 Å². The minimum Gasteiger partial charge on any atom is -0.465 e. The van der Waals surface area contributed by atoms with E-state index in [1.807, 2.05) is 13.0 Å². The molecule has 2 rings (SSSR count). The van der Waals surface area contributed by atoms with Crippen LogP contribution in [-0.2, 0) is 4.74 Å². The maximum atomic E-state index is 11.5. The first-order valence-electron chi connectivity index (χ1n) is 4.74. The molecule has 1 aromatic heterocycles. The van der Waals surface area contributed by atoms with Crippen molar-refractivity contribution >= 4 is 16.9 Å². The molecule has 0 N–H and O–H groups in total. The first kappa shape index (κ1) is 10.4. The number of methoxy groups -OCH3 is 1. The number of hydrogen-bond acceptors (Lipinski definition) is 4. The smallest absolute Gasteiger partial charge is 0.338 e. The third-order valence-corrected chi connectivity index (χ3v) is 2.30. The zero-order valence-electron chi connectivity index (χ0n) is 8.94. The molecule has 16 heavy (non-hydrogen) atoms. The lowest BCUT2D eigenvalue weighted by atomic mass is 10.1. The average molecular weight is 218 g/mol. The maximum Gasteiger partial charge on any atom is 0.338 e. The molecule has 1 aromatic carbocycles. The van der Waals surface area contributed by atoms with Crippen molar-refractivity contribution in [3.63, 3.8) is 0 Å². The Hall–Kier alpha value is -2.10. The Bertz CT molecular complexity index is 610. The highest BCUT2D eigenvalue weighted by Gasteiger charge is 2.13. The van der Waals surface area contributed by atoms with Gasteiger partial charge in [0.1, 0.15) is 5.58 Å². The van der Waals surface area contributed by atoms with Gasteiger partial charge in [-0.3, -0.25) is 0 Å². The van der Waals surface area contributed by atoms with Gasteiger partial charge in [-0.25, -0.2) is 9.59 Å². The standard InChI is InChI=1S/C12H10O4/c1-7-3-4-10-8(5-7)9(12(14)15-2)6-11(13)16-10/h3-6H,1-2H3. The predicted octanol–water partition coefficient (Wildman–Crippen LogP) is 1.89. The van der Waals surface area contributed by atoms with Crippen LogP contribution < -0.4 is 5.63 Å². The van der Waals surface area contributed by atoms with Gasteiger partial charge in [0.15, 0.2) is 0 Å². The van der Waals surface area contributed by atoms with Gasteiger partial charge in [0, 0.05) is 11.5 Å². The van der Waals surface area contributed by atoms with E-state index >= 15 is 0 Å². The van der Waals surface area contributed by atoms with E-state index in [1.54, 1.807) is 12.1 Å². The molecule has 0 aliphatic carbocycles. The van der Waals surface area contributed by atoms with Crippen molar-refractivity contribution in [3.8, 4) is 0 Å². The molecule has 4 heteroatoms. The average Bonchev–Trinajstić information content (AvgIpc) is 2.27. The number of esters is 1. The van der Waals surface area contributed by atoms with E-state index < -0.39 is 11.6 Å². The lowest BCUT2D eigenvalue weighted by Gasteiger charge is -2.03. The maximum absolute atomic E-state index is 11.5. The van der Waals surface area contributed by atoms with Gasteiger partial charge < -0.3 is 9.15 Å². The van der Waals surface area contributed by atoms with E-state index in [1.165, 1.54) is 7.11 Å². The van der Waals surface area contributed by atoms with E-state index in [0.29, 0.717) is 11.0 Å². The summed E-state index contributed by atoms with van der Waals surface area (Å²) in [5, 5.41) is 0.589. The third kappa shape index (κ3) is 1.69. The lowest BCUT2D eigenvalue weighted by Crippen LogP contribution is -2.08. The number of ether oxygens (including phenoxy) is 1. The molecule has 2 aromatic rings. The summed E-state index contributed by atoms with van der Waals surface area (Å²) in [7, 11) is 1.28. The Kier molecular flexibility index (Phi) is 2.48. The van der Waals surface area contributed by atoms with Crippen molar-refractivity contribution < 1.29 is 13.9 Å². The molecule has 0 fully saturated rings. The fourth-order valence-electron chi connectivity index (χ4n) is 1.56. The number of benzene rings is 1. The van der Waals surface area contributed by atoms with Gasteiger partial charge in [0.25, 0.3) is 0 Å². The van der Waals surface area contributed by atoms with Gasteiger partial charge in [-0.2, -0.15) is 0 Å². The van der Waals surface area contributed by atoms with E-state index in [4.69, 9.17) is 4.42 Å². The highest BCUT2D eigenvalue weighted by Crippen LogP contribution is 2.19. The molecule has 0 unspecified atom stereocenters. The third-order valence-electron chi connectivity index (χ3n) is 2.30. The second-order valence-corrected chi connectivity index (χ2v) is 3.47. The summed E-state index contributed by atoms with van der Waals surface area (Å²) in [6, 6.07) is 6.41. The van der Waals surface area contributed by atoms with Crippen LogP contribution in [0.1, 0.15) is 15.9 Å². The SMILES string of the molecule is COC(=O)c1cc(=O)oc2ccc(C)cc12. The first-order chi connectivity index (χ1) is 7.61. The fraction of sp³-hybridized carbons (Fsp3) is 0.167. The van der Waals surface area contributed by atoms with Crippen LogP contribution in [0.4, 0.5) is 0 Å². The molecule has 0 aliphatic heterocycles. The van der Waals surface area contributed by atoms with Crippen LogP contribution in [0, 0.1) is 6.92 Å². The molecule has 0 saturated carbocycles.